The zero-order valence-electron chi connectivity index (χ0n) is 14.2. The highest BCUT2D eigenvalue weighted by Gasteiger charge is 1.99. The second-order valence-corrected chi connectivity index (χ2v) is 5.29. The van der Waals surface area contributed by atoms with Gasteiger partial charge in [-0.25, -0.2) is 0 Å². The van der Waals surface area contributed by atoms with Gasteiger partial charge in [0, 0.05) is 6.42 Å². The molecule has 0 rings (SSSR count). The van der Waals surface area contributed by atoms with Crippen molar-refractivity contribution < 1.29 is 9.53 Å². The molecule has 0 atom stereocenters. The number of hydrogen-bond donors (Lipinski definition) is 0. The Morgan fingerprint density at radius 3 is 1.76 bits per heavy atom. The van der Waals surface area contributed by atoms with Crippen molar-refractivity contribution in [3.05, 3.63) is 37.6 Å². The molecule has 0 aromatic rings. The van der Waals surface area contributed by atoms with Gasteiger partial charge in [-0.2, -0.15) is 0 Å². The van der Waals surface area contributed by atoms with Crippen molar-refractivity contribution in [2.45, 2.75) is 78.1 Å². The second-order valence-electron chi connectivity index (χ2n) is 5.29. The summed E-state index contributed by atoms with van der Waals surface area (Å²) in [5.74, 6) is -0.155. The van der Waals surface area contributed by atoms with Crippen LogP contribution in [-0.2, 0) is 9.53 Å². The van der Waals surface area contributed by atoms with Crippen LogP contribution in [-0.4, -0.2) is 5.97 Å². The van der Waals surface area contributed by atoms with Crippen LogP contribution in [0.25, 0.3) is 0 Å². The summed E-state index contributed by atoms with van der Waals surface area (Å²) in [4.78, 5) is 11.0. The lowest BCUT2D eigenvalue weighted by atomic mass is 10.1. The van der Waals surface area contributed by atoms with Crippen LogP contribution in [0.5, 0.6) is 0 Å². The third-order valence-corrected chi connectivity index (χ3v) is 3.05. The van der Waals surface area contributed by atoms with Gasteiger partial charge in [0.25, 0.3) is 0 Å². The third kappa shape index (κ3) is 24.1. The molecule has 0 amide bonds. The van der Waals surface area contributed by atoms with Crippen LogP contribution in [0.15, 0.2) is 37.6 Å². The monoisotopic (exact) mass is 294 g/mol. The molecule has 0 fully saturated rings. The maximum Gasteiger partial charge on any atom is 0.310 e. The van der Waals surface area contributed by atoms with E-state index in [1.165, 1.54) is 51.2 Å². The van der Waals surface area contributed by atoms with Crippen molar-refractivity contribution >= 4 is 5.97 Å². The Kier molecular flexibility index (Phi) is 19.6. The molecule has 2 nitrogen and oxygen atoms in total. The first kappa shape index (κ1) is 22.0. The van der Waals surface area contributed by atoms with E-state index in [0.29, 0.717) is 6.42 Å². The predicted octanol–water partition coefficient (Wildman–Crippen LogP) is 6.34. The molecule has 0 aromatic heterocycles. The lowest BCUT2D eigenvalue weighted by Gasteiger charge is -2.01. The number of unbranched alkanes of at least 4 members (excludes halogenated alkanes) is 8. The summed E-state index contributed by atoms with van der Waals surface area (Å²) in [6, 6.07) is 0. The van der Waals surface area contributed by atoms with E-state index in [1.807, 2.05) is 6.92 Å². The molecule has 0 aromatic carbocycles. The van der Waals surface area contributed by atoms with Crippen molar-refractivity contribution in [3.63, 3.8) is 0 Å². The molecule has 0 saturated heterocycles. The van der Waals surface area contributed by atoms with Crippen LogP contribution < -0.4 is 0 Å². The lowest BCUT2D eigenvalue weighted by molar-refractivity contribution is -0.138. The summed E-state index contributed by atoms with van der Waals surface area (Å²) in [6.07, 6.45) is 14.9. The molecule has 0 unspecified atom stereocenters. The van der Waals surface area contributed by atoms with Crippen LogP contribution in [0.2, 0.25) is 0 Å². The van der Waals surface area contributed by atoms with Crippen molar-refractivity contribution in [1.82, 2.24) is 0 Å². The Labute approximate surface area is 132 Å². The molecule has 0 heterocycles. The lowest BCUT2D eigenvalue weighted by Crippen LogP contribution is -1.98. The van der Waals surface area contributed by atoms with Crippen LogP contribution in [0.3, 0.4) is 0 Å². The Hall–Kier alpha value is -1.31. The van der Waals surface area contributed by atoms with E-state index in [4.69, 9.17) is 0 Å². The fraction of sp³-hybridized carbons (Fsp3) is 0.632. The van der Waals surface area contributed by atoms with Gasteiger partial charge in [0.15, 0.2) is 0 Å². The smallest absolute Gasteiger partial charge is 0.310 e. The number of hydrogen-bond acceptors (Lipinski definition) is 2. The van der Waals surface area contributed by atoms with Gasteiger partial charge >= 0.3 is 5.97 Å². The summed E-state index contributed by atoms with van der Waals surface area (Å²) >= 11 is 0. The maximum absolute atomic E-state index is 11.0. The average Bonchev–Trinajstić information content (AvgIpc) is 2.46. The normalized spacial score (nSPS) is 9.24. The Morgan fingerprint density at radius 1 is 0.952 bits per heavy atom. The van der Waals surface area contributed by atoms with Gasteiger partial charge in [-0.1, -0.05) is 89.7 Å². The molecule has 0 spiro atoms. The molecular weight excluding hydrogens is 260 g/mol. The molecule has 0 aliphatic rings. The first-order chi connectivity index (χ1) is 10.1. The summed E-state index contributed by atoms with van der Waals surface area (Å²) in [7, 11) is 0. The third-order valence-electron chi connectivity index (χ3n) is 3.05. The van der Waals surface area contributed by atoms with Gasteiger partial charge in [-0.15, -0.1) is 0 Å². The topological polar surface area (TPSA) is 26.3 Å². The molecule has 2 heteroatoms. The highest BCUT2D eigenvalue weighted by atomic mass is 16.5. The molecule has 0 N–H and O–H groups in total. The largest absolute Gasteiger partial charge is 0.435 e. The van der Waals surface area contributed by atoms with Crippen molar-refractivity contribution in [2.24, 2.45) is 0 Å². The summed E-state index contributed by atoms with van der Waals surface area (Å²) in [6.45, 7) is 14.5. The fourth-order valence-electron chi connectivity index (χ4n) is 1.73. The van der Waals surface area contributed by atoms with Crippen LogP contribution in [0.1, 0.15) is 78.1 Å². The van der Waals surface area contributed by atoms with Crippen LogP contribution in [0, 0.1) is 0 Å². The number of esters is 1. The van der Waals surface area contributed by atoms with Gasteiger partial charge in [0.1, 0.15) is 0 Å². The minimum Gasteiger partial charge on any atom is -0.435 e. The fourth-order valence-corrected chi connectivity index (χ4v) is 1.73. The van der Waals surface area contributed by atoms with E-state index in [1.54, 1.807) is 6.08 Å². The number of rotatable bonds is 12. The number of ether oxygens (including phenoxy) is 1. The molecule has 0 bridgehead atoms. The summed E-state index contributed by atoms with van der Waals surface area (Å²) in [5, 5.41) is 0. The van der Waals surface area contributed by atoms with Gasteiger partial charge < -0.3 is 4.74 Å². The average molecular weight is 294 g/mol. The van der Waals surface area contributed by atoms with Crippen molar-refractivity contribution in [1.29, 1.82) is 0 Å². The number of carbonyl (C=O) groups excluding carboxylic acids is 1. The van der Waals surface area contributed by atoms with E-state index < -0.39 is 0 Å². The minimum absolute atomic E-state index is 0.155. The Balaban J connectivity index is 0. The summed E-state index contributed by atoms with van der Waals surface area (Å²) in [5.41, 5.74) is 1.02. The SMILES string of the molecule is C=CC(=C)C.C=COC(=O)CCCCCCCCCCC. The molecule has 21 heavy (non-hydrogen) atoms. The maximum atomic E-state index is 11.0. The van der Waals surface area contributed by atoms with Gasteiger partial charge in [0.05, 0.1) is 6.26 Å². The molecule has 122 valence electrons. The van der Waals surface area contributed by atoms with Crippen molar-refractivity contribution in [2.75, 3.05) is 0 Å². The Morgan fingerprint density at radius 2 is 1.38 bits per heavy atom. The molecular formula is C19H34O2. The molecule has 0 aliphatic carbocycles. The van der Waals surface area contributed by atoms with E-state index in [9.17, 15) is 4.79 Å². The van der Waals surface area contributed by atoms with Gasteiger partial charge in [0.2, 0.25) is 0 Å². The van der Waals surface area contributed by atoms with E-state index >= 15 is 0 Å². The van der Waals surface area contributed by atoms with Crippen LogP contribution >= 0.6 is 0 Å². The van der Waals surface area contributed by atoms with Gasteiger partial charge in [-0.05, 0) is 13.3 Å². The first-order valence-corrected chi connectivity index (χ1v) is 8.16. The highest BCUT2D eigenvalue weighted by Crippen LogP contribution is 2.10. The molecule has 0 aliphatic heterocycles. The van der Waals surface area contributed by atoms with E-state index in [2.05, 4.69) is 31.4 Å². The second kappa shape index (κ2) is 18.7. The Bertz CT molecular complexity index is 279. The van der Waals surface area contributed by atoms with E-state index in [0.717, 1.165) is 18.4 Å². The quantitative estimate of drug-likeness (QED) is 0.182. The first-order valence-electron chi connectivity index (χ1n) is 8.16. The van der Waals surface area contributed by atoms with Crippen molar-refractivity contribution in [3.8, 4) is 0 Å². The number of allylic oxidation sites excluding steroid dienone is 2. The zero-order valence-corrected chi connectivity index (χ0v) is 14.2. The zero-order chi connectivity index (χ0) is 16.3. The highest BCUT2D eigenvalue weighted by molar-refractivity contribution is 5.69. The molecule has 0 radical (unpaired) electrons. The molecule has 0 saturated carbocycles. The van der Waals surface area contributed by atoms with E-state index in [-0.39, 0.29) is 5.97 Å². The minimum atomic E-state index is -0.155. The van der Waals surface area contributed by atoms with Crippen LogP contribution in [0.4, 0.5) is 0 Å². The van der Waals surface area contributed by atoms with Gasteiger partial charge in [-0.3, -0.25) is 4.79 Å². The summed E-state index contributed by atoms with van der Waals surface area (Å²) < 4.78 is 4.64. The predicted molar refractivity (Wildman–Crippen MR) is 93.1 cm³/mol. The number of carbonyl (C=O) groups is 1. The standard InChI is InChI=1S/C14H26O2.C5H8/c1-3-5-6-7-8-9-10-11-12-13-14(15)16-4-2;1-4-5(2)3/h4H,2-3,5-13H2,1H3;4H,1-2H2,3H3.